The number of rotatable bonds is 4. The predicted octanol–water partition coefficient (Wildman–Crippen LogP) is 1.82. The van der Waals surface area contributed by atoms with Gasteiger partial charge in [-0.25, -0.2) is 0 Å². The highest BCUT2D eigenvalue weighted by atomic mass is 32.1. The number of aliphatic carboxylic acids is 1. The zero-order valence-corrected chi connectivity index (χ0v) is 8.17. The molecule has 4 heteroatoms. The average molecular weight is 200 g/mol. The highest BCUT2D eigenvalue weighted by Crippen LogP contribution is 2.26. The Morgan fingerprint density at radius 3 is 2.92 bits per heavy atom. The predicted molar refractivity (Wildman–Crippen MR) is 50.9 cm³/mol. The van der Waals surface area contributed by atoms with Crippen molar-refractivity contribution in [2.45, 2.75) is 25.9 Å². The summed E-state index contributed by atoms with van der Waals surface area (Å²) in [6, 6.07) is 1.92. The van der Waals surface area contributed by atoms with E-state index in [1.54, 1.807) is 0 Å². The fraction of sp³-hybridized carbons (Fsp3) is 0.444. The van der Waals surface area contributed by atoms with Crippen molar-refractivity contribution in [1.82, 2.24) is 0 Å². The lowest BCUT2D eigenvalue weighted by atomic mass is 10.1. The third kappa shape index (κ3) is 2.54. The Morgan fingerprint density at radius 1 is 1.69 bits per heavy atom. The van der Waals surface area contributed by atoms with Gasteiger partial charge in [0.2, 0.25) is 0 Å². The summed E-state index contributed by atoms with van der Waals surface area (Å²) in [5.41, 5.74) is 1.04. The third-order valence-corrected chi connectivity index (χ3v) is 2.89. The maximum atomic E-state index is 10.3. The van der Waals surface area contributed by atoms with E-state index in [2.05, 4.69) is 0 Å². The van der Waals surface area contributed by atoms with Gasteiger partial charge in [0.05, 0.1) is 12.5 Å². The molecule has 0 aliphatic heterocycles. The van der Waals surface area contributed by atoms with Crippen molar-refractivity contribution in [1.29, 1.82) is 0 Å². The maximum absolute atomic E-state index is 10.3. The summed E-state index contributed by atoms with van der Waals surface area (Å²) in [5.74, 6) is -0.969. The number of thiophene rings is 1. The van der Waals surface area contributed by atoms with Gasteiger partial charge in [-0.3, -0.25) is 4.79 Å². The summed E-state index contributed by atoms with van der Waals surface area (Å²) < 4.78 is 0. The maximum Gasteiger partial charge on any atom is 0.306 e. The molecule has 0 aromatic carbocycles. The molecule has 0 radical (unpaired) electrons. The number of aryl methyl sites for hydroxylation is 1. The Hall–Kier alpha value is -0.870. The number of carboxylic acid groups (broad SMARTS) is 1. The van der Waals surface area contributed by atoms with Crippen molar-refractivity contribution in [3.8, 4) is 0 Å². The Kier molecular flexibility index (Phi) is 3.45. The molecule has 0 saturated heterocycles. The molecule has 0 saturated carbocycles. The molecule has 0 fully saturated rings. The smallest absolute Gasteiger partial charge is 0.306 e. The fourth-order valence-electron chi connectivity index (χ4n) is 1.19. The number of hydrogen-bond donors (Lipinski definition) is 2. The fourth-order valence-corrected chi connectivity index (χ4v) is 2.17. The van der Waals surface area contributed by atoms with Crippen molar-refractivity contribution in [3.63, 3.8) is 0 Å². The van der Waals surface area contributed by atoms with Gasteiger partial charge in [0.15, 0.2) is 0 Å². The summed E-state index contributed by atoms with van der Waals surface area (Å²) in [4.78, 5) is 11.1. The molecular formula is C9H12O3S. The van der Waals surface area contributed by atoms with Gasteiger partial charge < -0.3 is 10.2 Å². The van der Waals surface area contributed by atoms with Gasteiger partial charge in [-0.2, -0.15) is 0 Å². The van der Waals surface area contributed by atoms with Gasteiger partial charge in [-0.1, -0.05) is 6.92 Å². The van der Waals surface area contributed by atoms with Crippen LogP contribution in [0.3, 0.4) is 0 Å². The van der Waals surface area contributed by atoms with Crippen LogP contribution in [-0.4, -0.2) is 16.2 Å². The number of hydrogen-bond acceptors (Lipinski definition) is 3. The SMILES string of the molecule is CCc1ccsc1[C@@H](O)CC(=O)O. The Balaban J connectivity index is 2.75. The molecule has 0 bridgehead atoms. The highest BCUT2D eigenvalue weighted by molar-refractivity contribution is 7.10. The second kappa shape index (κ2) is 4.39. The number of aliphatic hydroxyl groups excluding tert-OH is 1. The molecule has 0 aliphatic rings. The van der Waals surface area contributed by atoms with E-state index in [-0.39, 0.29) is 6.42 Å². The molecule has 1 rings (SSSR count). The zero-order valence-electron chi connectivity index (χ0n) is 7.36. The van der Waals surface area contributed by atoms with Gasteiger partial charge >= 0.3 is 5.97 Å². The van der Waals surface area contributed by atoms with Crippen LogP contribution in [0.1, 0.15) is 29.9 Å². The molecular weight excluding hydrogens is 188 g/mol. The van der Waals surface area contributed by atoms with Crippen LogP contribution < -0.4 is 0 Å². The quantitative estimate of drug-likeness (QED) is 0.779. The van der Waals surface area contributed by atoms with E-state index in [4.69, 9.17) is 5.11 Å². The second-order valence-corrected chi connectivity index (χ2v) is 3.72. The topological polar surface area (TPSA) is 57.5 Å². The lowest BCUT2D eigenvalue weighted by molar-refractivity contribution is -0.139. The summed E-state index contributed by atoms with van der Waals surface area (Å²) >= 11 is 1.41. The average Bonchev–Trinajstić information content (AvgIpc) is 2.49. The van der Waals surface area contributed by atoms with Crippen molar-refractivity contribution in [2.24, 2.45) is 0 Å². The van der Waals surface area contributed by atoms with E-state index in [1.807, 2.05) is 18.4 Å². The molecule has 3 nitrogen and oxygen atoms in total. The lowest BCUT2D eigenvalue weighted by Crippen LogP contribution is -2.05. The Bertz CT molecular complexity index is 293. The lowest BCUT2D eigenvalue weighted by Gasteiger charge is -2.07. The molecule has 13 heavy (non-hydrogen) atoms. The van der Waals surface area contributed by atoms with Crippen molar-refractivity contribution in [3.05, 3.63) is 21.9 Å². The van der Waals surface area contributed by atoms with E-state index < -0.39 is 12.1 Å². The van der Waals surface area contributed by atoms with E-state index >= 15 is 0 Å². The van der Waals surface area contributed by atoms with Crippen LogP contribution in [0.5, 0.6) is 0 Å². The third-order valence-electron chi connectivity index (χ3n) is 1.83. The Labute approximate surface area is 80.6 Å². The minimum Gasteiger partial charge on any atom is -0.481 e. The first-order chi connectivity index (χ1) is 6.15. The van der Waals surface area contributed by atoms with Crippen molar-refractivity contribution < 1.29 is 15.0 Å². The standard InChI is InChI=1S/C9H12O3S/c1-2-6-3-4-13-9(6)7(10)5-8(11)12/h3-4,7,10H,2,5H2,1H3,(H,11,12)/t7-/m0/s1. The van der Waals surface area contributed by atoms with Crippen molar-refractivity contribution >= 4 is 17.3 Å². The molecule has 0 unspecified atom stereocenters. The molecule has 0 spiro atoms. The van der Waals surface area contributed by atoms with Crippen molar-refractivity contribution in [2.75, 3.05) is 0 Å². The van der Waals surface area contributed by atoms with Gasteiger partial charge in [-0.05, 0) is 23.4 Å². The molecule has 72 valence electrons. The number of carbonyl (C=O) groups is 1. The molecule has 1 heterocycles. The minimum absolute atomic E-state index is 0.215. The van der Waals surface area contributed by atoms with Crippen LogP contribution in [0, 0.1) is 0 Å². The van der Waals surface area contributed by atoms with Crippen LogP contribution in [0.15, 0.2) is 11.4 Å². The van der Waals surface area contributed by atoms with Crippen LogP contribution in [-0.2, 0) is 11.2 Å². The molecule has 0 amide bonds. The van der Waals surface area contributed by atoms with Crippen LogP contribution >= 0.6 is 11.3 Å². The molecule has 1 aromatic rings. The molecule has 1 aromatic heterocycles. The van der Waals surface area contributed by atoms with E-state index in [1.165, 1.54) is 11.3 Å². The second-order valence-electron chi connectivity index (χ2n) is 2.78. The summed E-state index contributed by atoms with van der Waals surface area (Å²) in [5, 5.41) is 19.9. The first-order valence-electron chi connectivity index (χ1n) is 4.11. The van der Waals surface area contributed by atoms with Crippen LogP contribution in [0.25, 0.3) is 0 Å². The molecule has 1 atom stereocenters. The normalized spacial score (nSPS) is 12.8. The molecule has 0 aliphatic carbocycles. The van der Waals surface area contributed by atoms with Gasteiger partial charge in [0.25, 0.3) is 0 Å². The Morgan fingerprint density at radius 2 is 2.38 bits per heavy atom. The molecule has 2 N–H and O–H groups in total. The van der Waals surface area contributed by atoms with E-state index in [0.29, 0.717) is 0 Å². The largest absolute Gasteiger partial charge is 0.481 e. The zero-order chi connectivity index (χ0) is 9.84. The highest BCUT2D eigenvalue weighted by Gasteiger charge is 2.15. The van der Waals surface area contributed by atoms with Gasteiger partial charge in [0, 0.05) is 4.88 Å². The number of aliphatic hydroxyl groups is 1. The summed E-state index contributed by atoms with van der Waals surface area (Å²) in [6.07, 6.45) is -0.240. The summed E-state index contributed by atoms with van der Waals surface area (Å²) in [7, 11) is 0. The van der Waals surface area contributed by atoms with Gasteiger partial charge in [-0.15, -0.1) is 11.3 Å². The first kappa shape index (κ1) is 10.2. The monoisotopic (exact) mass is 200 g/mol. The van der Waals surface area contributed by atoms with E-state index in [0.717, 1.165) is 16.9 Å². The number of carboxylic acids is 1. The minimum atomic E-state index is -0.969. The summed E-state index contributed by atoms with van der Waals surface area (Å²) in [6.45, 7) is 1.99. The van der Waals surface area contributed by atoms with Gasteiger partial charge in [0.1, 0.15) is 0 Å². The van der Waals surface area contributed by atoms with E-state index in [9.17, 15) is 9.90 Å². The van der Waals surface area contributed by atoms with Crippen LogP contribution in [0.2, 0.25) is 0 Å². The first-order valence-corrected chi connectivity index (χ1v) is 4.99. The van der Waals surface area contributed by atoms with Crippen LogP contribution in [0.4, 0.5) is 0 Å².